The van der Waals surface area contributed by atoms with Crippen LogP contribution >= 0.6 is 0 Å². The molecular formula is C11H17N7O. The predicted octanol–water partition coefficient (Wildman–Crippen LogP) is -0.242. The van der Waals surface area contributed by atoms with E-state index in [0.29, 0.717) is 18.7 Å². The van der Waals surface area contributed by atoms with Gasteiger partial charge in [0.15, 0.2) is 0 Å². The standard InChI is InChI=1S/C11H17N7O/c1-7-11(8(2)15-14-7)13-10(19)6-18-5-9(3-4-12)16-17-18/h5H,3-4,6,12H2,1-2H3,(H,13,19)(H,14,15). The third-order valence-corrected chi connectivity index (χ3v) is 2.68. The maximum atomic E-state index is 11.9. The SMILES string of the molecule is Cc1n[nH]c(C)c1NC(=O)Cn1cc(CCN)nn1. The third-order valence-electron chi connectivity index (χ3n) is 2.68. The lowest BCUT2D eigenvalue weighted by atomic mass is 10.3. The van der Waals surface area contributed by atoms with E-state index in [-0.39, 0.29) is 12.5 Å². The number of hydrogen-bond acceptors (Lipinski definition) is 5. The zero-order chi connectivity index (χ0) is 13.8. The maximum Gasteiger partial charge on any atom is 0.246 e. The summed E-state index contributed by atoms with van der Waals surface area (Å²) < 4.78 is 1.49. The highest BCUT2D eigenvalue weighted by Gasteiger charge is 2.11. The van der Waals surface area contributed by atoms with Crippen molar-refractivity contribution in [2.75, 3.05) is 11.9 Å². The van der Waals surface area contributed by atoms with Crippen molar-refractivity contribution in [3.8, 4) is 0 Å². The zero-order valence-corrected chi connectivity index (χ0v) is 11.0. The summed E-state index contributed by atoms with van der Waals surface area (Å²) in [6.07, 6.45) is 2.38. The average Bonchev–Trinajstić information content (AvgIpc) is 2.91. The van der Waals surface area contributed by atoms with E-state index < -0.39 is 0 Å². The summed E-state index contributed by atoms with van der Waals surface area (Å²) in [6, 6.07) is 0. The Labute approximate surface area is 110 Å². The van der Waals surface area contributed by atoms with Crippen LogP contribution in [0.1, 0.15) is 17.1 Å². The van der Waals surface area contributed by atoms with Gasteiger partial charge in [-0.1, -0.05) is 5.21 Å². The fourth-order valence-corrected chi connectivity index (χ4v) is 1.74. The number of nitrogens with zero attached hydrogens (tertiary/aromatic N) is 4. The van der Waals surface area contributed by atoms with Crippen LogP contribution in [0.25, 0.3) is 0 Å². The van der Waals surface area contributed by atoms with E-state index >= 15 is 0 Å². The van der Waals surface area contributed by atoms with Gasteiger partial charge in [0, 0.05) is 12.6 Å². The molecule has 0 fully saturated rings. The number of carbonyl (C=O) groups excluding carboxylic acids is 1. The van der Waals surface area contributed by atoms with Crippen molar-refractivity contribution in [3.63, 3.8) is 0 Å². The number of aryl methyl sites for hydroxylation is 2. The Bertz CT molecular complexity index is 552. The van der Waals surface area contributed by atoms with Crippen LogP contribution in [-0.2, 0) is 17.8 Å². The molecule has 0 saturated carbocycles. The normalized spacial score (nSPS) is 10.7. The minimum Gasteiger partial charge on any atom is -0.330 e. The zero-order valence-electron chi connectivity index (χ0n) is 11.0. The minimum atomic E-state index is -0.170. The van der Waals surface area contributed by atoms with E-state index in [1.807, 2.05) is 13.8 Å². The Morgan fingerprint density at radius 1 is 1.53 bits per heavy atom. The van der Waals surface area contributed by atoms with E-state index in [0.717, 1.165) is 17.1 Å². The highest BCUT2D eigenvalue weighted by Crippen LogP contribution is 2.15. The summed E-state index contributed by atoms with van der Waals surface area (Å²) >= 11 is 0. The van der Waals surface area contributed by atoms with Gasteiger partial charge in [-0.05, 0) is 20.4 Å². The largest absolute Gasteiger partial charge is 0.330 e. The number of carbonyl (C=O) groups is 1. The summed E-state index contributed by atoms with van der Waals surface area (Å²) in [5.41, 5.74) is 8.51. The first kappa shape index (κ1) is 13.2. The van der Waals surface area contributed by atoms with Gasteiger partial charge in [-0.15, -0.1) is 5.10 Å². The number of amides is 1. The van der Waals surface area contributed by atoms with E-state index in [2.05, 4.69) is 25.8 Å². The number of nitrogens with two attached hydrogens (primary N) is 1. The van der Waals surface area contributed by atoms with Crippen LogP contribution in [-0.4, -0.2) is 37.6 Å². The second-order valence-electron chi connectivity index (χ2n) is 4.30. The van der Waals surface area contributed by atoms with Crippen LogP contribution in [0.2, 0.25) is 0 Å². The molecule has 8 heteroatoms. The van der Waals surface area contributed by atoms with Gasteiger partial charge in [-0.25, -0.2) is 4.68 Å². The number of nitrogens with one attached hydrogen (secondary N) is 2. The lowest BCUT2D eigenvalue weighted by Crippen LogP contribution is -2.19. The van der Waals surface area contributed by atoms with Gasteiger partial charge >= 0.3 is 0 Å². The molecule has 0 aliphatic rings. The Morgan fingerprint density at radius 2 is 2.32 bits per heavy atom. The summed E-state index contributed by atoms with van der Waals surface area (Å²) in [6.45, 7) is 4.30. The number of anilines is 1. The molecule has 2 rings (SSSR count). The molecule has 0 aromatic carbocycles. The monoisotopic (exact) mass is 263 g/mol. The number of rotatable bonds is 5. The van der Waals surface area contributed by atoms with Gasteiger partial charge in [0.1, 0.15) is 6.54 Å². The van der Waals surface area contributed by atoms with Gasteiger partial charge in [-0.3, -0.25) is 9.89 Å². The molecule has 0 spiro atoms. The molecule has 2 heterocycles. The van der Waals surface area contributed by atoms with Crippen molar-refractivity contribution in [2.45, 2.75) is 26.8 Å². The molecule has 0 saturated heterocycles. The summed E-state index contributed by atoms with van der Waals surface area (Å²) in [7, 11) is 0. The minimum absolute atomic E-state index is 0.113. The second-order valence-corrected chi connectivity index (χ2v) is 4.30. The number of H-pyrrole nitrogens is 1. The fraction of sp³-hybridized carbons (Fsp3) is 0.455. The van der Waals surface area contributed by atoms with Gasteiger partial charge in [0.05, 0.1) is 22.8 Å². The number of aromatic amines is 1. The van der Waals surface area contributed by atoms with Crippen molar-refractivity contribution < 1.29 is 4.79 Å². The summed E-state index contributed by atoms with van der Waals surface area (Å²) in [5.74, 6) is -0.170. The Hall–Kier alpha value is -2.22. The summed E-state index contributed by atoms with van der Waals surface area (Å²) in [5, 5.41) is 17.4. The molecule has 0 aliphatic carbocycles. The molecular weight excluding hydrogens is 246 g/mol. The molecule has 2 aromatic heterocycles. The van der Waals surface area contributed by atoms with Gasteiger partial charge in [0.2, 0.25) is 5.91 Å². The highest BCUT2D eigenvalue weighted by molar-refractivity contribution is 5.91. The van der Waals surface area contributed by atoms with Crippen molar-refractivity contribution >= 4 is 11.6 Å². The number of hydrogen-bond donors (Lipinski definition) is 3. The molecule has 4 N–H and O–H groups in total. The van der Waals surface area contributed by atoms with Crippen LogP contribution in [0.4, 0.5) is 5.69 Å². The van der Waals surface area contributed by atoms with Crippen LogP contribution < -0.4 is 11.1 Å². The molecule has 0 unspecified atom stereocenters. The Morgan fingerprint density at radius 3 is 2.95 bits per heavy atom. The quantitative estimate of drug-likeness (QED) is 0.688. The Balaban J connectivity index is 1.97. The smallest absolute Gasteiger partial charge is 0.246 e. The van der Waals surface area contributed by atoms with E-state index in [1.165, 1.54) is 4.68 Å². The van der Waals surface area contributed by atoms with Gasteiger partial charge in [-0.2, -0.15) is 5.10 Å². The Kier molecular flexibility index (Phi) is 3.91. The van der Waals surface area contributed by atoms with Crippen molar-refractivity contribution in [1.29, 1.82) is 0 Å². The van der Waals surface area contributed by atoms with Crippen LogP contribution in [0.15, 0.2) is 6.20 Å². The molecule has 8 nitrogen and oxygen atoms in total. The average molecular weight is 263 g/mol. The van der Waals surface area contributed by atoms with E-state index in [9.17, 15) is 4.79 Å². The first-order valence-corrected chi connectivity index (χ1v) is 6.00. The second kappa shape index (κ2) is 5.61. The van der Waals surface area contributed by atoms with Gasteiger partial charge < -0.3 is 11.1 Å². The summed E-state index contributed by atoms with van der Waals surface area (Å²) in [4.78, 5) is 11.9. The molecule has 19 heavy (non-hydrogen) atoms. The molecule has 0 atom stereocenters. The van der Waals surface area contributed by atoms with E-state index in [1.54, 1.807) is 6.20 Å². The fourth-order valence-electron chi connectivity index (χ4n) is 1.74. The number of aromatic nitrogens is 5. The first-order chi connectivity index (χ1) is 9.10. The van der Waals surface area contributed by atoms with Crippen molar-refractivity contribution in [3.05, 3.63) is 23.3 Å². The maximum absolute atomic E-state index is 11.9. The lowest BCUT2D eigenvalue weighted by molar-refractivity contribution is -0.116. The lowest BCUT2D eigenvalue weighted by Gasteiger charge is -2.04. The first-order valence-electron chi connectivity index (χ1n) is 6.00. The van der Waals surface area contributed by atoms with E-state index in [4.69, 9.17) is 5.73 Å². The predicted molar refractivity (Wildman–Crippen MR) is 69.5 cm³/mol. The topological polar surface area (TPSA) is 115 Å². The molecule has 1 amide bonds. The van der Waals surface area contributed by atoms with Gasteiger partial charge in [0.25, 0.3) is 0 Å². The van der Waals surface area contributed by atoms with Crippen molar-refractivity contribution in [2.24, 2.45) is 5.73 Å². The highest BCUT2D eigenvalue weighted by atomic mass is 16.2. The molecule has 0 radical (unpaired) electrons. The van der Waals surface area contributed by atoms with Crippen LogP contribution in [0.3, 0.4) is 0 Å². The van der Waals surface area contributed by atoms with Crippen LogP contribution in [0, 0.1) is 13.8 Å². The van der Waals surface area contributed by atoms with Crippen molar-refractivity contribution in [1.82, 2.24) is 25.2 Å². The molecule has 0 aliphatic heterocycles. The molecule has 2 aromatic rings. The molecule has 0 bridgehead atoms. The molecule has 102 valence electrons. The third kappa shape index (κ3) is 3.16. The van der Waals surface area contributed by atoms with Crippen LogP contribution in [0.5, 0.6) is 0 Å².